The molecule has 1 heterocycles. The molecule has 0 spiro atoms. The second-order valence-corrected chi connectivity index (χ2v) is 8.78. The number of benzene rings is 2. The number of aryl methyl sites for hydroxylation is 1. The van der Waals surface area contributed by atoms with Crippen molar-refractivity contribution in [3.63, 3.8) is 0 Å². The molecule has 2 atom stereocenters. The summed E-state index contributed by atoms with van der Waals surface area (Å²) in [7, 11) is 1.28. The Bertz CT molecular complexity index is 1180. The van der Waals surface area contributed by atoms with Gasteiger partial charge < -0.3 is 30.0 Å². The highest BCUT2D eigenvalue weighted by molar-refractivity contribution is 9.10. The number of hydrogen-bond acceptors (Lipinski definition) is 8. The number of carbonyl (C=O) groups is 2. The average Bonchev–Trinajstić information content (AvgIpc) is 2.84. The highest BCUT2D eigenvalue weighted by Crippen LogP contribution is 2.34. The van der Waals surface area contributed by atoms with Gasteiger partial charge in [-0.1, -0.05) is 34.1 Å². The first-order chi connectivity index (χ1) is 17.2. The number of nitrogens with zero attached hydrogens (tertiary/aromatic N) is 1. The van der Waals surface area contributed by atoms with Crippen LogP contribution >= 0.6 is 15.9 Å². The third-order valence-corrected chi connectivity index (χ3v) is 6.16. The Morgan fingerprint density at radius 1 is 1.22 bits per heavy atom. The number of urea groups is 1. The largest absolute Gasteiger partial charge is 0.490 e. The molecular formula is C25H29BrN4O6. The van der Waals surface area contributed by atoms with E-state index in [4.69, 9.17) is 14.2 Å². The second kappa shape index (κ2) is 12.4. The monoisotopic (exact) mass is 560 g/mol. The zero-order valence-electron chi connectivity index (χ0n) is 20.4. The van der Waals surface area contributed by atoms with Crippen molar-refractivity contribution in [3.8, 4) is 11.5 Å². The van der Waals surface area contributed by atoms with Crippen molar-refractivity contribution in [2.24, 2.45) is 5.10 Å². The van der Waals surface area contributed by atoms with Gasteiger partial charge in [-0.15, -0.1) is 0 Å². The number of nitrogens with one attached hydrogen (secondary N) is 3. The number of rotatable bonds is 10. The van der Waals surface area contributed by atoms with Crippen LogP contribution in [0.15, 0.2) is 57.2 Å². The first kappa shape index (κ1) is 27.0. The van der Waals surface area contributed by atoms with Crippen LogP contribution in [0.3, 0.4) is 0 Å². The SMILES string of the molecule is CCOc1cc([C@@H]2NC(=O)NC(C)=C2C(=O)OC)ccc1OC[C@H](O)N/N=C/c1ccc(C)c(Br)c1. The molecule has 3 rings (SSSR count). The minimum absolute atomic E-state index is 0.106. The van der Waals surface area contributed by atoms with Gasteiger partial charge in [0.25, 0.3) is 0 Å². The Morgan fingerprint density at radius 3 is 2.69 bits per heavy atom. The smallest absolute Gasteiger partial charge is 0.337 e. The average molecular weight is 561 g/mol. The van der Waals surface area contributed by atoms with Gasteiger partial charge in [-0.3, -0.25) is 5.43 Å². The molecule has 2 amide bonds. The van der Waals surface area contributed by atoms with Crippen LogP contribution in [0.1, 0.15) is 36.6 Å². The number of carbonyl (C=O) groups excluding carboxylic acids is 2. The quantitative estimate of drug-likeness (QED) is 0.152. The fourth-order valence-electron chi connectivity index (χ4n) is 3.51. The Kier molecular flexibility index (Phi) is 9.31. The van der Waals surface area contributed by atoms with Crippen LogP contribution in [0.4, 0.5) is 4.79 Å². The molecule has 192 valence electrons. The molecule has 2 aromatic rings. The van der Waals surface area contributed by atoms with E-state index in [9.17, 15) is 14.7 Å². The fourth-order valence-corrected chi connectivity index (χ4v) is 3.91. The molecule has 0 saturated carbocycles. The van der Waals surface area contributed by atoms with E-state index in [1.165, 1.54) is 7.11 Å². The Labute approximate surface area is 217 Å². The molecule has 2 aromatic carbocycles. The van der Waals surface area contributed by atoms with Crippen LogP contribution < -0.4 is 25.5 Å². The summed E-state index contributed by atoms with van der Waals surface area (Å²) in [6.45, 7) is 5.69. The van der Waals surface area contributed by atoms with Gasteiger partial charge in [0.2, 0.25) is 0 Å². The van der Waals surface area contributed by atoms with Crippen LogP contribution in [-0.4, -0.2) is 49.9 Å². The number of halogens is 1. The molecule has 0 saturated heterocycles. The van der Waals surface area contributed by atoms with Crippen LogP contribution in [-0.2, 0) is 9.53 Å². The molecular weight excluding hydrogens is 532 g/mol. The number of allylic oxidation sites excluding steroid dienone is 1. The molecule has 1 aliphatic heterocycles. The molecule has 36 heavy (non-hydrogen) atoms. The van der Waals surface area contributed by atoms with E-state index in [1.54, 1.807) is 31.3 Å². The van der Waals surface area contributed by atoms with Gasteiger partial charge in [-0.25, -0.2) is 9.59 Å². The maximum atomic E-state index is 12.4. The molecule has 0 aromatic heterocycles. The lowest BCUT2D eigenvalue weighted by Gasteiger charge is -2.28. The number of amides is 2. The van der Waals surface area contributed by atoms with E-state index in [0.29, 0.717) is 29.4 Å². The summed E-state index contributed by atoms with van der Waals surface area (Å²) in [4.78, 5) is 24.4. The van der Waals surface area contributed by atoms with E-state index in [1.807, 2.05) is 32.0 Å². The predicted molar refractivity (Wildman–Crippen MR) is 138 cm³/mol. The van der Waals surface area contributed by atoms with Crippen molar-refractivity contribution in [1.82, 2.24) is 16.1 Å². The third kappa shape index (κ3) is 6.76. The maximum Gasteiger partial charge on any atom is 0.337 e. The summed E-state index contributed by atoms with van der Waals surface area (Å²) in [6, 6.07) is 9.67. The van der Waals surface area contributed by atoms with Crippen molar-refractivity contribution in [2.45, 2.75) is 33.0 Å². The minimum Gasteiger partial charge on any atom is -0.490 e. The zero-order valence-corrected chi connectivity index (χ0v) is 22.0. The van der Waals surface area contributed by atoms with Crippen molar-refractivity contribution in [1.29, 1.82) is 0 Å². The summed E-state index contributed by atoms with van der Waals surface area (Å²) in [5.74, 6) is 0.217. The Balaban J connectivity index is 1.70. The Hall–Kier alpha value is -3.57. The molecule has 0 fully saturated rings. The summed E-state index contributed by atoms with van der Waals surface area (Å²) >= 11 is 3.47. The highest BCUT2D eigenvalue weighted by atomic mass is 79.9. The maximum absolute atomic E-state index is 12.4. The third-order valence-electron chi connectivity index (χ3n) is 5.31. The normalized spacial score (nSPS) is 16.3. The van der Waals surface area contributed by atoms with E-state index in [2.05, 4.69) is 37.1 Å². The van der Waals surface area contributed by atoms with Gasteiger partial charge in [0, 0.05) is 10.2 Å². The number of hydrazone groups is 1. The number of aliphatic hydroxyl groups is 1. The van der Waals surface area contributed by atoms with Gasteiger partial charge in [-0.05, 0) is 55.7 Å². The minimum atomic E-state index is -1.08. The summed E-state index contributed by atoms with van der Waals surface area (Å²) in [5.41, 5.74) is 5.88. The Morgan fingerprint density at radius 2 is 2.00 bits per heavy atom. The lowest BCUT2D eigenvalue weighted by molar-refractivity contribution is -0.136. The first-order valence-electron chi connectivity index (χ1n) is 11.2. The van der Waals surface area contributed by atoms with Crippen LogP contribution in [0.2, 0.25) is 0 Å². The first-order valence-corrected chi connectivity index (χ1v) is 12.0. The lowest BCUT2D eigenvalue weighted by atomic mass is 9.95. The molecule has 0 bridgehead atoms. The number of methoxy groups -OCH3 is 1. The molecule has 0 radical (unpaired) electrons. The van der Waals surface area contributed by atoms with Gasteiger partial charge in [0.1, 0.15) is 6.61 Å². The predicted octanol–water partition coefficient (Wildman–Crippen LogP) is 3.28. The van der Waals surface area contributed by atoms with E-state index < -0.39 is 24.3 Å². The van der Waals surface area contributed by atoms with E-state index in [-0.39, 0.29) is 12.2 Å². The van der Waals surface area contributed by atoms with E-state index in [0.717, 1.165) is 15.6 Å². The molecule has 10 nitrogen and oxygen atoms in total. The number of hydrogen-bond donors (Lipinski definition) is 4. The van der Waals surface area contributed by atoms with Gasteiger partial charge in [0.15, 0.2) is 17.7 Å². The molecule has 4 N–H and O–H groups in total. The van der Waals surface area contributed by atoms with Crippen molar-refractivity contribution in [3.05, 3.63) is 68.8 Å². The lowest BCUT2D eigenvalue weighted by Crippen LogP contribution is -2.45. The highest BCUT2D eigenvalue weighted by Gasteiger charge is 2.32. The molecule has 1 aliphatic rings. The van der Waals surface area contributed by atoms with Gasteiger partial charge in [0.05, 0.1) is 31.5 Å². The van der Waals surface area contributed by atoms with Gasteiger partial charge in [-0.2, -0.15) is 5.10 Å². The number of esters is 1. The zero-order chi connectivity index (χ0) is 26.2. The van der Waals surface area contributed by atoms with Crippen LogP contribution in [0.5, 0.6) is 11.5 Å². The second-order valence-electron chi connectivity index (χ2n) is 7.92. The van der Waals surface area contributed by atoms with Crippen molar-refractivity contribution >= 4 is 34.1 Å². The summed E-state index contributed by atoms with van der Waals surface area (Å²) in [6.07, 6.45) is 0.514. The summed E-state index contributed by atoms with van der Waals surface area (Å²) in [5, 5.41) is 19.6. The van der Waals surface area contributed by atoms with Crippen LogP contribution in [0.25, 0.3) is 0 Å². The van der Waals surface area contributed by atoms with Crippen molar-refractivity contribution in [2.75, 3.05) is 20.3 Å². The number of aliphatic hydroxyl groups excluding tert-OH is 1. The molecule has 11 heteroatoms. The standard InChI is InChI=1S/C25H29BrN4O6/c1-5-35-20-11-17(23-22(24(32)34-4)15(3)28-25(33)29-23)8-9-19(20)36-13-21(31)30-27-12-16-7-6-14(2)18(26)10-16/h6-12,21,23,30-31H,5,13H2,1-4H3,(H2,28,29,33)/b27-12+/t21-,23-/m0/s1. The molecule has 0 unspecified atom stereocenters. The van der Waals surface area contributed by atoms with Crippen molar-refractivity contribution < 1.29 is 28.9 Å². The fraction of sp³-hybridized carbons (Fsp3) is 0.320. The summed E-state index contributed by atoms with van der Waals surface area (Å²) < 4.78 is 17.3. The number of ether oxygens (including phenoxy) is 3. The van der Waals surface area contributed by atoms with Gasteiger partial charge >= 0.3 is 12.0 Å². The molecule has 0 aliphatic carbocycles. The topological polar surface area (TPSA) is 131 Å². The van der Waals surface area contributed by atoms with Crippen LogP contribution in [0, 0.1) is 6.92 Å². The van der Waals surface area contributed by atoms with E-state index >= 15 is 0 Å².